The first-order chi connectivity index (χ1) is 8.52. The summed E-state index contributed by atoms with van der Waals surface area (Å²) in [6, 6.07) is 6.67. The lowest BCUT2D eigenvalue weighted by Crippen LogP contribution is -2.32. The van der Waals surface area contributed by atoms with Gasteiger partial charge in [0.2, 0.25) is 0 Å². The van der Waals surface area contributed by atoms with Crippen LogP contribution >= 0.6 is 0 Å². The first kappa shape index (κ1) is 13.0. The number of rotatable bonds is 3. The van der Waals surface area contributed by atoms with Crippen LogP contribution in [0.3, 0.4) is 0 Å². The molecule has 2 rings (SSSR count). The van der Waals surface area contributed by atoms with Gasteiger partial charge in [-0.3, -0.25) is 9.97 Å². The zero-order chi connectivity index (χ0) is 13.2. The van der Waals surface area contributed by atoms with Crippen molar-refractivity contribution in [2.45, 2.75) is 33.7 Å². The van der Waals surface area contributed by atoms with Crippen LogP contribution in [0.15, 0.2) is 30.6 Å². The minimum absolute atomic E-state index is 0.173. The molecule has 1 aromatic carbocycles. The quantitative estimate of drug-likeness (QED) is 0.898. The summed E-state index contributed by atoms with van der Waals surface area (Å²) < 4.78 is 0. The van der Waals surface area contributed by atoms with E-state index in [-0.39, 0.29) is 5.41 Å². The van der Waals surface area contributed by atoms with Gasteiger partial charge in [0.05, 0.1) is 11.0 Å². The highest BCUT2D eigenvalue weighted by molar-refractivity contribution is 5.74. The zero-order valence-corrected chi connectivity index (χ0v) is 11.6. The highest BCUT2D eigenvalue weighted by atomic mass is 14.9. The molecule has 0 bridgehead atoms. The van der Waals surface area contributed by atoms with Gasteiger partial charge >= 0.3 is 0 Å². The van der Waals surface area contributed by atoms with Gasteiger partial charge in [0.1, 0.15) is 0 Å². The summed E-state index contributed by atoms with van der Waals surface area (Å²) in [6.45, 7) is 9.85. The van der Waals surface area contributed by atoms with Crippen molar-refractivity contribution in [3.05, 3.63) is 36.2 Å². The molecule has 0 amide bonds. The molecule has 0 saturated carbocycles. The van der Waals surface area contributed by atoms with Crippen LogP contribution in [0, 0.1) is 5.41 Å². The van der Waals surface area contributed by atoms with Crippen LogP contribution < -0.4 is 5.32 Å². The fourth-order valence-corrected chi connectivity index (χ4v) is 2.29. The third-order valence-corrected chi connectivity index (χ3v) is 3.10. The Hall–Kier alpha value is -1.48. The molecule has 0 aliphatic carbocycles. The molecule has 1 aromatic heterocycles. The minimum Gasteiger partial charge on any atom is -0.310 e. The van der Waals surface area contributed by atoms with Crippen molar-refractivity contribution in [2.75, 3.05) is 6.54 Å². The predicted octanol–water partition coefficient (Wildman–Crippen LogP) is 3.33. The fourth-order valence-electron chi connectivity index (χ4n) is 2.29. The van der Waals surface area contributed by atoms with E-state index in [1.54, 1.807) is 12.4 Å². The molecule has 1 N–H and O–H groups in total. The normalized spacial score (nSPS) is 13.8. The van der Waals surface area contributed by atoms with Gasteiger partial charge in [0.15, 0.2) is 0 Å². The SMILES string of the molecule is CCNC(c1ccc2nccnc2c1)C(C)(C)C. The van der Waals surface area contributed by atoms with Crippen molar-refractivity contribution in [3.63, 3.8) is 0 Å². The second kappa shape index (κ2) is 5.02. The largest absolute Gasteiger partial charge is 0.310 e. The summed E-state index contributed by atoms with van der Waals surface area (Å²) in [5, 5.41) is 3.56. The summed E-state index contributed by atoms with van der Waals surface area (Å²) in [6.07, 6.45) is 3.47. The van der Waals surface area contributed by atoms with Crippen LogP contribution in [0.1, 0.15) is 39.3 Å². The Morgan fingerprint density at radius 1 is 1.11 bits per heavy atom. The third-order valence-electron chi connectivity index (χ3n) is 3.10. The van der Waals surface area contributed by atoms with Crippen molar-refractivity contribution in [1.82, 2.24) is 15.3 Å². The lowest BCUT2D eigenvalue weighted by Gasteiger charge is -2.32. The highest BCUT2D eigenvalue weighted by Crippen LogP contribution is 2.33. The van der Waals surface area contributed by atoms with Gasteiger partial charge in [-0.05, 0) is 29.7 Å². The number of fused-ring (bicyclic) bond motifs is 1. The Kier molecular flexibility index (Phi) is 3.62. The topological polar surface area (TPSA) is 37.8 Å². The number of nitrogens with zero attached hydrogens (tertiary/aromatic N) is 2. The molecule has 3 heteroatoms. The number of hydrogen-bond donors (Lipinski definition) is 1. The number of hydrogen-bond acceptors (Lipinski definition) is 3. The predicted molar refractivity (Wildman–Crippen MR) is 75.4 cm³/mol. The van der Waals surface area contributed by atoms with E-state index < -0.39 is 0 Å². The maximum Gasteiger partial charge on any atom is 0.0890 e. The van der Waals surface area contributed by atoms with Crippen molar-refractivity contribution in [1.29, 1.82) is 0 Å². The molecule has 0 radical (unpaired) electrons. The van der Waals surface area contributed by atoms with Gasteiger partial charge < -0.3 is 5.32 Å². The number of benzene rings is 1. The minimum atomic E-state index is 0.173. The van der Waals surface area contributed by atoms with Gasteiger partial charge in [-0.1, -0.05) is 33.8 Å². The van der Waals surface area contributed by atoms with E-state index in [2.05, 4.69) is 55.1 Å². The molecule has 0 fully saturated rings. The van der Waals surface area contributed by atoms with Crippen LogP contribution in [0.4, 0.5) is 0 Å². The number of nitrogens with one attached hydrogen (secondary N) is 1. The molecule has 1 unspecified atom stereocenters. The van der Waals surface area contributed by atoms with Crippen LogP contribution in [-0.2, 0) is 0 Å². The van der Waals surface area contributed by atoms with E-state index in [1.165, 1.54) is 5.56 Å². The molecule has 1 atom stereocenters. The molecule has 0 aliphatic heterocycles. The van der Waals surface area contributed by atoms with Gasteiger partial charge in [-0.25, -0.2) is 0 Å². The van der Waals surface area contributed by atoms with Crippen molar-refractivity contribution in [2.24, 2.45) is 5.41 Å². The average Bonchev–Trinajstić information content (AvgIpc) is 2.34. The van der Waals surface area contributed by atoms with E-state index in [4.69, 9.17) is 0 Å². The average molecular weight is 243 g/mol. The highest BCUT2D eigenvalue weighted by Gasteiger charge is 2.25. The smallest absolute Gasteiger partial charge is 0.0890 e. The first-order valence-electron chi connectivity index (χ1n) is 6.46. The second-order valence-corrected chi connectivity index (χ2v) is 5.66. The molecule has 0 aliphatic rings. The standard InChI is InChI=1S/C15H21N3/c1-5-16-14(15(2,3)4)11-6-7-12-13(10-11)18-9-8-17-12/h6-10,14,16H,5H2,1-4H3. The van der Waals surface area contributed by atoms with Crippen molar-refractivity contribution in [3.8, 4) is 0 Å². The van der Waals surface area contributed by atoms with Gasteiger partial charge in [0.25, 0.3) is 0 Å². The van der Waals surface area contributed by atoms with Crippen LogP contribution in [0.2, 0.25) is 0 Å². The summed E-state index contributed by atoms with van der Waals surface area (Å²) in [5.41, 5.74) is 3.36. The molecule has 96 valence electrons. The molecule has 0 saturated heterocycles. The van der Waals surface area contributed by atoms with E-state index in [9.17, 15) is 0 Å². The lowest BCUT2D eigenvalue weighted by molar-refractivity contribution is 0.277. The van der Waals surface area contributed by atoms with Gasteiger partial charge in [-0.15, -0.1) is 0 Å². The first-order valence-corrected chi connectivity index (χ1v) is 6.46. The summed E-state index contributed by atoms with van der Waals surface area (Å²) in [7, 11) is 0. The summed E-state index contributed by atoms with van der Waals surface area (Å²) in [5.74, 6) is 0. The summed E-state index contributed by atoms with van der Waals surface area (Å²) in [4.78, 5) is 8.68. The maximum absolute atomic E-state index is 4.38. The molecule has 1 heterocycles. The van der Waals surface area contributed by atoms with E-state index in [0.29, 0.717) is 6.04 Å². The zero-order valence-electron chi connectivity index (χ0n) is 11.6. The molecular weight excluding hydrogens is 222 g/mol. The van der Waals surface area contributed by atoms with Crippen LogP contribution in [-0.4, -0.2) is 16.5 Å². The molecular formula is C15H21N3. The Balaban J connectivity index is 2.44. The Labute approximate surface area is 109 Å². The second-order valence-electron chi connectivity index (χ2n) is 5.66. The lowest BCUT2D eigenvalue weighted by atomic mass is 9.82. The van der Waals surface area contributed by atoms with Crippen molar-refractivity contribution < 1.29 is 0 Å². The van der Waals surface area contributed by atoms with Crippen LogP contribution in [0.25, 0.3) is 11.0 Å². The van der Waals surface area contributed by atoms with E-state index in [0.717, 1.165) is 17.6 Å². The molecule has 18 heavy (non-hydrogen) atoms. The van der Waals surface area contributed by atoms with E-state index >= 15 is 0 Å². The molecule has 2 aromatic rings. The Morgan fingerprint density at radius 3 is 2.39 bits per heavy atom. The van der Waals surface area contributed by atoms with Crippen molar-refractivity contribution >= 4 is 11.0 Å². The van der Waals surface area contributed by atoms with Gasteiger partial charge in [0, 0.05) is 18.4 Å². The summed E-state index contributed by atoms with van der Waals surface area (Å²) >= 11 is 0. The Bertz CT molecular complexity index is 528. The molecule has 3 nitrogen and oxygen atoms in total. The van der Waals surface area contributed by atoms with Gasteiger partial charge in [-0.2, -0.15) is 0 Å². The Morgan fingerprint density at radius 2 is 1.78 bits per heavy atom. The van der Waals surface area contributed by atoms with Crippen LogP contribution in [0.5, 0.6) is 0 Å². The maximum atomic E-state index is 4.38. The molecule has 0 spiro atoms. The third kappa shape index (κ3) is 2.67. The van der Waals surface area contributed by atoms with E-state index in [1.807, 2.05) is 6.07 Å². The number of aromatic nitrogens is 2. The fraction of sp³-hybridized carbons (Fsp3) is 0.467. The monoisotopic (exact) mass is 243 g/mol.